The van der Waals surface area contributed by atoms with E-state index in [0.29, 0.717) is 5.69 Å². The molecule has 0 atom stereocenters. The summed E-state index contributed by atoms with van der Waals surface area (Å²) >= 11 is 1.60. The second-order valence-electron chi connectivity index (χ2n) is 4.69. The lowest BCUT2D eigenvalue weighted by atomic mass is 10.2. The van der Waals surface area contributed by atoms with E-state index in [1.807, 2.05) is 12.1 Å². The van der Waals surface area contributed by atoms with Gasteiger partial charge in [-0.05, 0) is 12.1 Å². The highest BCUT2D eigenvalue weighted by Crippen LogP contribution is 2.35. The number of fused-ring (bicyclic) bond motifs is 1. The lowest BCUT2D eigenvalue weighted by Crippen LogP contribution is -2.41. The summed E-state index contributed by atoms with van der Waals surface area (Å²) < 4.78 is 37.4. The van der Waals surface area contributed by atoms with Gasteiger partial charge >= 0.3 is 6.18 Å². The number of benzene rings is 1. The molecule has 3 rings (SSSR count). The number of hydrogen-bond acceptors (Lipinski definition) is 6. The van der Waals surface area contributed by atoms with Crippen LogP contribution in [0.25, 0.3) is 0 Å². The molecule has 24 heavy (non-hydrogen) atoms. The number of nitrogens with one attached hydrogen (secondary N) is 1. The summed E-state index contributed by atoms with van der Waals surface area (Å²) in [5.41, 5.74) is 0.599. The summed E-state index contributed by atoms with van der Waals surface area (Å²) in [5.74, 6) is -0.696. The van der Waals surface area contributed by atoms with Crippen LogP contribution in [0.5, 0.6) is 0 Å². The molecule has 0 fully saturated rings. The van der Waals surface area contributed by atoms with E-state index >= 15 is 0 Å². The van der Waals surface area contributed by atoms with Crippen molar-refractivity contribution in [1.82, 2.24) is 10.2 Å². The molecule has 1 aliphatic rings. The summed E-state index contributed by atoms with van der Waals surface area (Å²) in [6.07, 6.45) is -4.61. The SMILES string of the molecule is O=C(CN1C(=O)CSc2ccccc21)Nc1nnc(C(F)(F)F)s1. The molecule has 0 unspecified atom stereocenters. The number of nitrogens with zero attached hydrogens (tertiary/aromatic N) is 3. The van der Waals surface area contributed by atoms with Crippen LogP contribution < -0.4 is 10.2 Å². The molecule has 2 heterocycles. The van der Waals surface area contributed by atoms with Gasteiger partial charge in [0, 0.05) is 4.90 Å². The number of carbonyl (C=O) groups is 2. The number of rotatable bonds is 3. The minimum atomic E-state index is -4.61. The van der Waals surface area contributed by atoms with Crippen LogP contribution >= 0.6 is 23.1 Å². The van der Waals surface area contributed by atoms with Gasteiger partial charge in [0.2, 0.25) is 22.0 Å². The molecule has 0 radical (unpaired) electrons. The standard InChI is InChI=1S/C13H9F3N4O2S2/c14-13(15,16)11-18-19-12(24-11)17-9(21)5-20-7-3-1-2-4-8(7)23-6-10(20)22/h1-4H,5-6H2,(H,17,19,21). The van der Waals surface area contributed by atoms with Gasteiger partial charge in [0.25, 0.3) is 0 Å². The number of alkyl halides is 3. The molecule has 0 saturated heterocycles. The van der Waals surface area contributed by atoms with Crippen molar-refractivity contribution in [3.8, 4) is 0 Å². The molecule has 1 aliphatic heterocycles. The minimum Gasteiger partial charge on any atom is -0.301 e. The number of aromatic nitrogens is 2. The fourth-order valence-corrected chi connectivity index (χ4v) is 3.58. The Labute approximate surface area is 142 Å². The second-order valence-corrected chi connectivity index (χ2v) is 6.69. The van der Waals surface area contributed by atoms with Crippen molar-refractivity contribution < 1.29 is 22.8 Å². The Morgan fingerprint density at radius 2 is 2.04 bits per heavy atom. The first-order chi connectivity index (χ1) is 11.3. The van der Waals surface area contributed by atoms with Crippen LogP contribution in [0, 0.1) is 0 Å². The Morgan fingerprint density at radius 1 is 1.29 bits per heavy atom. The van der Waals surface area contributed by atoms with Gasteiger partial charge in [-0.1, -0.05) is 23.5 Å². The molecule has 1 N–H and O–H groups in total. The highest BCUT2D eigenvalue weighted by atomic mass is 32.2. The molecule has 0 spiro atoms. The highest BCUT2D eigenvalue weighted by Gasteiger charge is 2.36. The molecule has 6 nitrogen and oxygen atoms in total. The third-order valence-electron chi connectivity index (χ3n) is 3.02. The largest absolute Gasteiger partial charge is 0.445 e. The molecule has 0 saturated carbocycles. The lowest BCUT2D eigenvalue weighted by molar-refractivity contribution is -0.138. The van der Waals surface area contributed by atoms with Crippen molar-refractivity contribution in [2.75, 3.05) is 22.5 Å². The first kappa shape index (κ1) is 16.7. The maximum absolute atomic E-state index is 12.5. The number of anilines is 2. The van der Waals surface area contributed by atoms with Crippen LogP contribution in [0.4, 0.5) is 24.0 Å². The molecular weight excluding hydrogens is 365 g/mol. The lowest BCUT2D eigenvalue weighted by Gasteiger charge is -2.28. The first-order valence-electron chi connectivity index (χ1n) is 6.57. The van der Waals surface area contributed by atoms with Crippen molar-refractivity contribution in [2.45, 2.75) is 11.1 Å². The number of thioether (sulfide) groups is 1. The van der Waals surface area contributed by atoms with Crippen molar-refractivity contribution in [3.05, 3.63) is 29.3 Å². The zero-order valence-electron chi connectivity index (χ0n) is 11.8. The van der Waals surface area contributed by atoms with Gasteiger partial charge in [-0.2, -0.15) is 13.2 Å². The smallest absolute Gasteiger partial charge is 0.301 e. The van der Waals surface area contributed by atoms with Crippen molar-refractivity contribution in [1.29, 1.82) is 0 Å². The monoisotopic (exact) mass is 374 g/mol. The summed E-state index contributed by atoms with van der Waals surface area (Å²) in [5, 5.41) is 7.10. The predicted molar refractivity (Wildman–Crippen MR) is 83.1 cm³/mol. The highest BCUT2D eigenvalue weighted by molar-refractivity contribution is 8.00. The van der Waals surface area contributed by atoms with E-state index in [-0.39, 0.29) is 34.7 Å². The number of amides is 2. The van der Waals surface area contributed by atoms with Gasteiger partial charge in [0.15, 0.2) is 0 Å². The van der Waals surface area contributed by atoms with Gasteiger partial charge in [0.05, 0.1) is 11.4 Å². The Morgan fingerprint density at radius 3 is 2.75 bits per heavy atom. The molecule has 0 aliphatic carbocycles. The summed E-state index contributed by atoms with van der Waals surface area (Å²) in [7, 11) is 0. The summed E-state index contributed by atoms with van der Waals surface area (Å²) in [4.78, 5) is 26.2. The summed E-state index contributed by atoms with van der Waals surface area (Å²) in [6.45, 7) is -0.308. The number of carbonyl (C=O) groups excluding carboxylic acids is 2. The normalized spacial score (nSPS) is 14.5. The van der Waals surface area contributed by atoms with E-state index in [2.05, 4.69) is 15.5 Å². The fourth-order valence-electron chi connectivity index (χ4n) is 2.02. The number of hydrogen-bond donors (Lipinski definition) is 1. The molecule has 1 aromatic heterocycles. The quantitative estimate of drug-likeness (QED) is 0.894. The van der Waals surface area contributed by atoms with Gasteiger partial charge in [-0.25, -0.2) is 0 Å². The van der Waals surface area contributed by atoms with Gasteiger partial charge in [-0.15, -0.1) is 22.0 Å². The maximum atomic E-state index is 12.5. The third-order valence-corrected chi connectivity index (χ3v) is 4.95. The van der Waals surface area contributed by atoms with Crippen molar-refractivity contribution in [3.63, 3.8) is 0 Å². The average Bonchev–Trinajstić information content (AvgIpc) is 2.99. The number of para-hydroxylation sites is 1. The van der Waals surface area contributed by atoms with Crippen LogP contribution in [0.15, 0.2) is 29.2 Å². The Hall–Kier alpha value is -2.14. The van der Waals surface area contributed by atoms with Gasteiger partial charge in [-0.3, -0.25) is 14.9 Å². The second kappa shape index (κ2) is 6.40. The van der Waals surface area contributed by atoms with E-state index in [4.69, 9.17) is 0 Å². The Bertz CT molecular complexity index is 794. The first-order valence-corrected chi connectivity index (χ1v) is 8.37. The van der Waals surface area contributed by atoms with Crippen molar-refractivity contribution in [2.24, 2.45) is 0 Å². The van der Waals surface area contributed by atoms with Crippen LogP contribution in [-0.4, -0.2) is 34.3 Å². The Balaban J connectivity index is 1.71. The van der Waals surface area contributed by atoms with Crippen LogP contribution in [0.3, 0.4) is 0 Å². The van der Waals surface area contributed by atoms with Gasteiger partial charge < -0.3 is 4.90 Å². The molecule has 0 bridgehead atoms. The van der Waals surface area contributed by atoms with E-state index < -0.39 is 17.1 Å². The zero-order valence-corrected chi connectivity index (χ0v) is 13.5. The van der Waals surface area contributed by atoms with E-state index in [9.17, 15) is 22.8 Å². The molecule has 2 aromatic rings. The molecule has 2 amide bonds. The third kappa shape index (κ3) is 3.51. The van der Waals surface area contributed by atoms with E-state index in [1.54, 1.807) is 12.1 Å². The van der Waals surface area contributed by atoms with E-state index in [0.717, 1.165) is 4.90 Å². The molecule has 1 aromatic carbocycles. The van der Waals surface area contributed by atoms with Gasteiger partial charge in [0.1, 0.15) is 6.54 Å². The molecular formula is C13H9F3N4O2S2. The summed E-state index contributed by atoms with van der Waals surface area (Å²) in [6, 6.07) is 7.10. The zero-order chi connectivity index (χ0) is 17.3. The van der Waals surface area contributed by atoms with E-state index in [1.165, 1.54) is 16.7 Å². The predicted octanol–water partition coefficient (Wildman–Crippen LogP) is 2.63. The fraction of sp³-hybridized carbons (Fsp3) is 0.231. The van der Waals surface area contributed by atoms with Crippen LogP contribution in [0.2, 0.25) is 0 Å². The number of halogens is 3. The van der Waals surface area contributed by atoms with Crippen molar-refractivity contribution >= 4 is 45.7 Å². The van der Waals surface area contributed by atoms with Crippen LogP contribution in [-0.2, 0) is 15.8 Å². The minimum absolute atomic E-state index is 0.196. The maximum Gasteiger partial charge on any atom is 0.445 e. The topological polar surface area (TPSA) is 75.2 Å². The molecule has 126 valence electrons. The molecule has 11 heteroatoms. The van der Waals surface area contributed by atoms with Crippen LogP contribution in [0.1, 0.15) is 5.01 Å². The Kier molecular flexibility index (Phi) is 4.45. The average molecular weight is 374 g/mol.